The fraction of sp³-hybridized carbons (Fsp3) is 0.478. The number of nitrogens with one attached hydrogen (secondary N) is 2. The Labute approximate surface area is 192 Å². The lowest BCUT2D eigenvalue weighted by atomic mass is 9.93. The normalized spacial score (nSPS) is 17.9. The predicted octanol–water partition coefficient (Wildman–Crippen LogP) is 2.68. The van der Waals surface area contributed by atoms with Crippen molar-refractivity contribution in [2.75, 3.05) is 63.7 Å². The summed E-state index contributed by atoms with van der Waals surface area (Å²) in [5.41, 5.74) is 3.93. The number of fused-ring (bicyclic) bond motifs is 1. The summed E-state index contributed by atoms with van der Waals surface area (Å²) in [6, 6.07) is 7.26. The number of amides is 2. The van der Waals surface area contributed by atoms with E-state index in [2.05, 4.69) is 32.6 Å². The SMILES string of the molecule is CNC(=O)Nc1ccc(-c2nc(N3CCOCC3)c3onc(C4CCN(C)CC4)c3n2)cc1. The van der Waals surface area contributed by atoms with Gasteiger partial charge in [0.15, 0.2) is 11.6 Å². The second-order valence-corrected chi connectivity index (χ2v) is 8.57. The number of likely N-dealkylation sites (tertiary alicyclic amines) is 1. The molecular weight excluding hydrogens is 422 g/mol. The van der Waals surface area contributed by atoms with Crippen molar-refractivity contribution in [2.45, 2.75) is 18.8 Å². The number of piperidine rings is 1. The van der Waals surface area contributed by atoms with E-state index in [0.717, 1.165) is 61.6 Å². The Balaban J connectivity index is 1.55. The molecule has 10 heteroatoms. The maximum Gasteiger partial charge on any atom is 0.318 e. The van der Waals surface area contributed by atoms with Crippen LogP contribution in [0.5, 0.6) is 0 Å². The molecule has 4 heterocycles. The third-order valence-electron chi connectivity index (χ3n) is 6.37. The van der Waals surface area contributed by atoms with Gasteiger partial charge in [0.25, 0.3) is 0 Å². The van der Waals surface area contributed by atoms with Crippen molar-refractivity contribution in [3.63, 3.8) is 0 Å². The van der Waals surface area contributed by atoms with E-state index in [4.69, 9.17) is 19.2 Å². The number of urea groups is 1. The Hall–Kier alpha value is -3.24. The first-order valence-corrected chi connectivity index (χ1v) is 11.4. The summed E-state index contributed by atoms with van der Waals surface area (Å²) in [4.78, 5) is 25.9. The Morgan fingerprint density at radius 2 is 1.79 bits per heavy atom. The average Bonchev–Trinajstić information content (AvgIpc) is 3.29. The van der Waals surface area contributed by atoms with Gasteiger partial charge >= 0.3 is 6.03 Å². The lowest BCUT2D eigenvalue weighted by Gasteiger charge is -2.28. The lowest BCUT2D eigenvalue weighted by molar-refractivity contribution is 0.122. The third kappa shape index (κ3) is 4.49. The molecule has 2 saturated heterocycles. The van der Waals surface area contributed by atoms with Crippen molar-refractivity contribution < 1.29 is 14.1 Å². The number of carbonyl (C=O) groups is 1. The van der Waals surface area contributed by atoms with Crippen molar-refractivity contribution in [3.8, 4) is 11.4 Å². The van der Waals surface area contributed by atoms with E-state index in [0.29, 0.717) is 36.2 Å². The summed E-state index contributed by atoms with van der Waals surface area (Å²) < 4.78 is 11.4. The van der Waals surface area contributed by atoms with Gasteiger partial charge in [0.05, 0.1) is 13.2 Å². The highest BCUT2D eigenvalue weighted by molar-refractivity contribution is 5.90. The van der Waals surface area contributed by atoms with Gasteiger partial charge in [-0.15, -0.1) is 0 Å². The van der Waals surface area contributed by atoms with Gasteiger partial charge in [0, 0.05) is 37.3 Å². The zero-order valence-corrected chi connectivity index (χ0v) is 19.0. The highest BCUT2D eigenvalue weighted by atomic mass is 16.5. The zero-order valence-electron chi connectivity index (χ0n) is 19.0. The van der Waals surface area contributed by atoms with Gasteiger partial charge in [0.1, 0.15) is 11.2 Å². The van der Waals surface area contributed by atoms with Crippen LogP contribution < -0.4 is 15.5 Å². The molecule has 1 aromatic carbocycles. The van der Waals surface area contributed by atoms with Gasteiger partial charge in [-0.25, -0.2) is 14.8 Å². The standard InChI is InChI=1S/C23H29N7O3/c1-24-23(31)25-17-5-3-16(4-6-17)21-26-19-18(15-7-9-29(2)10-8-15)28-33-20(19)22(27-21)30-11-13-32-14-12-30/h3-6,15H,7-14H2,1-2H3,(H2,24,25,31). The van der Waals surface area contributed by atoms with Crippen molar-refractivity contribution in [3.05, 3.63) is 30.0 Å². The summed E-state index contributed by atoms with van der Waals surface area (Å²) >= 11 is 0. The summed E-state index contributed by atoms with van der Waals surface area (Å²) in [6.45, 7) is 4.85. The fourth-order valence-electron chi connectivity index (χ4n) is 4.40. The molecule has 2 N–H and O–H groups in total. The molecule has 3 aromatic rings. The first-order valence-electron chi connectivity index (χ1n) is 11.4. The van der Waals surface area contributed by atoms with Crippen LogP contribution in [0.4, 0.5) is 16.3 Å². The molecule has 0 atom stereocenters. The zero-order chi connectivity index (χ0) is 22.8. The van der Waals surface area contributed by atoms with Crippen LogP contribution in [-0.4, -0.2) is 79.5 Å². The molecule has 5 rings (SSSR count). The highest BCUT2D eigenvalue weighted by Gasteiger charge is 2.28. The average molecular weight is 452 g/mol. The van der Waals surface area contributed by atoms with Crippen molar-refractivity contribution in [2.24, 2.45) is 0 Å². The number of benzene rings is 1. The van der Waals surface area contributed by atoms with Crippen LogP contribution in [0.2, 0.25) is 0 Å². The number of rotatable bonds is 4. The topological polar surface area (TPSA) is 109 Å². The minimum absolute atomic E-state index is 0.262. The van der Waals surface area contributed by atoms with Crippen LogP contribution in [0.25, 0.3) is 22.5 Å². The second kappa shape index (κ2) is 9.32. The molecular formula is C23H29N7O3. The van der Waals surface area contributed by atoms with Crippen molar-refractivity contribution >= 4 is 28.6 Å². The van der Waals surface area contributed by atoms with Gasteiger partial charge in [-0.3, -0.25) is 0 Å². The van der Waals surface area contributed by atoms with Crippen LogP contribution >= 0.6 is 0 Å². The van der Waals surface area contributed by atoms with E-state index in [1.807, 2.05) is 24.3 Å². The molecule has 2 aliphatic rings. The fourth-order valence-corrected chi connectivity index (χ4v) is 4.40. The molecule has 2 aliphatic heterocycles. The monoisotopic (exact) mass is 451 g/mol. The summed E-state index contributed by atoms with van der Waals surface area (Å²) in [6.07, 6.45) is 2.06. The van der Waals surface area contributed by atoms with Crippen LogP contribution in [0.1, 0.15) is 24.5 Å². The molecule has 0 aliphatic carbocycles. The first-order chi connectivity index (χ1) is 16.1. The molecule has 2 fully saturated rings. The van der Waals surface area contributed by atoms with Gasteiger partial charge in [-0.05, 0) is 57.2 Å². The number of nitrogens with zero attached hydrogens (tertiary/aromatic N) is 5. The van der Waals surface area contributed by atoms with Crippen LogP contribution in [0.3, 0.4) is 0 Å². The molecule has 0 unspecified atom stereocenters. The molecule has 0 radical (unpaired) electrons. The smallest absolute Gasteiger partial charge is 0.318 e. The van der Waals surface area contributed by atoms with Crippen LogP contribution in [-0.2, 0) is 4.74 Å². The third-order valence-corrected chi connectivity index (χ3v) is 6.37. The van der Waals surface area contributed by atoms with Crippen LogP contribution in [0.15, 0.2) is 28.8 Å². The Kier molecular flexibility index (Phi) is 6.10. The Morgan fingerprint density at radius 1 is 1.06 bits per heavy atom. The summed E-state index contributed by atoms with van der Waals surface area (Å²) in [5.74, 6) is 1.70. The molecule has 10 nitrogen and oxygen atoms in total. The van der Waals surface area contributed by atoms with E-state index < -0.39 is 0 Å². The molecule has 33 heavy (non-hydrogen) atoms. The molecule has 0 bridgehead atoms. The number of anilines is 2. The van der Waals surface area contributed by atoms with Gasteiger partial charge in [-0.1, -0.05) is 5.16 Å². The maximum atomic E-state index is 11.6. The molecule has 0 saturated carbocycles. The van der Waals surface area contributed by atoms with E-state index in [1.54, 1.807) is 7.05 Å². The molecule has 174 valence electrons. The van der Waals surface area contributed by atoms with Gasteiger partial charge < -0.3 is 29.7 Å². The maximum absolute atomic E-state index is 11.6. The van der Waals surface area contributed by atoms with Gasteiger partial charge in [-0.2, -0.15) is 0 Å². The van der Waals surface area contributed by atoms with E-state index in [-0.39, 0.29) is 6.03 Å². The molecule has 2 amide bonds. The van der Waals surface area contributed by atoms with Crippen LogP contribution in [0, 0.1) is 0 Å². The van der Waals surface area contributed by atoms with Gasteiger partial charge in [0.2, 0.25) is 5.58 Å². The Morgan fingerprint density at radius 3 is 2.48 bits per heavy atom. The minimum Gasteiger partial charge on any atom is -0.378 e. The highest BCUT2D eigenvalue weighted by Crippen LogP contribution is 2.36. The summed E-state index contributed by atoms with van der Waals surface area (Å²) in [7, 11) is 3.73. The predicted molar refractivity (Wildman–Crippen MR) is 126 cm³/mol. The number of morpholine rings is 1. The molecule has 0 spiro atoms. The van der Waals surface area contributed by atoms with E-state index in [9.17, 15) is 4.79 Å². The number of aromatic nitrogens is 3. The number of hydrogen-bond acceptors (Lipinski definition) is 8. The number of carbonyl (C=O) groups excluding carboxylic acids is 1. The van der Waals surface area contributed by atoms with E-state index >= 15 is 0 Å². The Bertz CT molecular complexity index is 1120. The molecule has 2 aromatic heterocycles. The number of ether oxygens (including phenoxy) is 1. The quantitative estimate of drug-likeness (QED) is 0.623. The van der Waals surface area contributed by atoms with Crippen molar-refractivity contribution in [1.29, 1.82) is 0 Å². The largest absolute Gasteiger partial charge is 0.378 e. The minimum atomic E-state index is -0.262. The lowest BCUT2D eigenvalue weighted by Crippen LogP contribution is -2.37. The number of hydrogen-bond donors (Lipinski definition) is 2. The van der Waals surface area contributed by atoms with Crippen molar-refractivity contribution in [1.82, 2.24) is 25.3 Å². The summed E-state index contributed by atoms with van der Waals surface area (Å²) in [5, 5.41) is 9.80. The first kappa shape index (κ1) is 21.6. The van der Waals surface area contributed by atoms with E-state index in [1.165, 1.54) is 0 Å². The second-order valence-electron chi connectivity index (χ2n) is 8.57.